The van der Waals surface area contributed by atoms with Crippen LogP contribution in [0, 0.1) is 5.82 Å². The number of amides is 1. The highest BCUT2D eigenvalue weighted by Gasteiger charge is 2.22. The van der Waals surface area contributed by atoms with Gasteiger partial charge in [0.15, 0.2) is 0 Å². The largest absolute Gasteiger partial charge is 0.508 e. The normalized spacial score (nSPS) is 13.9. The molecule has 0 saturated heterocycles. The maximum Gasteiger partial charge on any atom is 0.254 e. The van der Waals surface area contributed by atoms with Gasteiger partial charge in [-0.2, -0.15) is 0 Å². The zero-order valence-corrected chi connectivity index (χ0v) is 11.3. The number of carbonyl (C=O) groups is 1. The molecule has 2 aromatic rings. The topological polar surface area (TPSA) is 66.6 Å². The van der Waals surface area contributed by atoms with Crippen LogP contribution < -0.4 is 5.73 Å². The smallest absolute Gasteiger partial charge is 0.254 e. The number of aromatic hydroxyl groups is 1. The van der Waals surface area contributed by atoms with Gasteiger partial charge in [-0.3, -0.25) is 4.79 Å². The maximum absolute atomic E-state index is 13.2. The predicted octanol–water partition coefficient (Wildman–Crippen LogP) is 2.31. The molecule has 2 aromatic carbocycles. The van der Waals surface area contributed by atoms with Gasteiger partial charge in [-0.05, 0) is 47.9 Å². The van der Waals surface area contributed by atoms with Crippen LogP contribution in [-0.2, 0) is 13.0 Å². The molecule has 4 nitrogen and oxygen atoms in total. The quantitative estimate of drug-likeness (QED) is 0.791. The lowest BCUT2D eigenvalue weighted by Crippen LogP contribution is -2.36. The number of phenolic OH excluding ortho intramolecular Hbond substituents is 1. The Kier molecular flexibility index (Phi) is 3.25. The van der Waals surface area contributed by atoms with Gasteiger partial charge in [0.05, 0.1) is 5.69 Å². The van der Waals surface area contributed by atoms with Gasteiger partial charge in [0.2, 0.25) is 0 Å². The van der Waals surface area contributed by atoms with Gasteiger partial charge in [0.25, 0.3) is 5.91 Å². The van der Waals surface area contributed by atoms with E-state index >= 15 is 0 Å². The second-order valence-electron chi connectivity index (χ2n) is 5.17. The first kappa shape index (κ1) is 13.4. The Morgan fingerprint density at radius 1 is 1.19 bits per heavy atom. The fraction of sp³-hybridized carbons (Fsp3) is 0.188. The third-order valence-electron chi connectivity index (χ3n) is 3.73. The molecule has 0 fully saturated rings. The molecule has 108 valence electrons. The van der Waals surface area contributed by atoms with Crippen molar-refractivity contribution in [2.45, 2.75) is 13.0 Å². The third kappa shape index (κ3) is 2.54. The molecule has 1 aliphatic heterocycles. The first-order valence-corrected chi connectivity index (χ1v) is 6.69. The number of phenols is 1. The van der Waals surface area contributed by atoms with Crippen molar-refractivity contribution in [2.24, 2.45) is 0 Å². The van der Waals surface area contributed by atoms with Crippen LogP contribution in [0.3, 0.4) is 0 Å². The molecule has 0 radical (unpaired) electrons. The lowest BCUT2D eigenvalue weighted by atomic mass is 9.99. The number of hydrogen-bond acceptors (Lipinski definition) is 3. The zero-order valence-electron chi connectivity index (χ0n) is 11.3. The average molecular weight is 286 g/mol. The Labute approximate surface area is 121 Å². The standard InChI is InChI=1S/C16H15FN2O2/c17-14-4-2-11(8-15(14)18)16(21)19-6-5-10-1-3-13(20)7-12(10)9-19/h1-4,7-8,20H,5-6,9,18H2. The summed E-state index contributed by atoms with van der Waals surface area (Å²) in [4.78, 5) is 14.1. The molecule has 0 saturated carbocycles. The van der Waals surface area contributed by atoms with Crippen LogP contribution in [0.2, 0.25) is 0 Å². The monoisotopic (exact) mass is 286 g/mol. The molecule has 0 aromatic heterocycles. The van der Waals surface area contributed by atoms with E-state index in [1.54, 1.807) is 17.0 Å². The Balaban J connectivity index is 1.85. The lowest BCUT2D eigenvalue weighted by Gasteiger charge is -2.29. The molecule has 0 spiro atoms. The Morgan fingerprint density at radius 3 is 2.76 bits per heavy atom. The van der Waals surface area contributed by atoms with Crippen LogP contribution in [0.15, 0.2) is 36.4 Å². The van der Waals surface area contributed by atoms with Gasteiger partial charge in [0.1, 0.15) is 11.6 Å². The molecule has 0 unspecified atom stereocenters. The van der Waals surface area contributed by atoms with Gasteiger partial charge in [-0.15, -0.1) is 0 Å². The molecule has 5 heteroatoms. The minimum Gasteiger partial charge on any atom is -0.508 e. The maximum atomic E-state index is 13.2. The third-order valence-corrected chi connectivity index (χ3v) is 3.73. The minimum atomic E-state index is -0.527. The number of nitrogen functional groups attached to an aromatic ring is 1. The number of halogens is 1. The van der Waals surface area contributed by atoms with Crippen molar-refractivity contribution in [2.75, 3.05) is 12.3 Å². The summed E-state index contributed by atoms with van der Waals surface area (Å²) in [6, 6.07) is 9.20. The molecule has 1 heterocycles. The number of hydrogen-bond donors (Lipinski definition) is 2. The number of rotatable bonds is 1. The van der Waals surface area contributed by atoms with E-state index in [0.717, 1.165) is 17.5 Å². The molecule has 1 amide bonds. The van der Waals surface area contributed by atoms with E-state index in [2.05, 4.69) is 0 Å². The summed E-state index contributed by atoms with van der Waals surface area (Å²) in [5, 5.41) is 9.54. The summed E-state index contributed by atoms with van der Waals surface area (Å²) in [5.41, 5.74) is 7.92. The number of fused-ring (bicyclic) bond motifs is 1. The molecule has 3 rings (SSSR count). The van der Waals surface area contributed by atoms with Crippen molar-refractivity contribution in [1.29, 1.82) is 0 Å². The minimum absolute atomic E-state index is 0.0316. The first-order chi connectivity index (χ1) is 10.0. The van der Waals surface area contributed by atoms with E-state index in [4.69, 9.17) is 5.73 Å². The molecule has 0 atom stereocenters. The number of anilines is 1. The van der Waals surface area contributed by atoms with Crippen LogP contribution in [0.5, 0.6) is 5.75 Å². The SMILES string of the molecule is Nc1cc(C(=O)N2CCc3ccc(O)cc3C2)ccc1F. The highest BCUT2D eigenvalue weighted by atomic mass is 19.1. The van der Waals surface area contributed by atoms with E-state index in [-0.39, 0.29) is 17.3 Å². The highest BCUT2D eigenvalue weighted by Crippen LogP contribution is 2.24. The van der Waals surface area contributed by atoms with Crippen molar-refractivity contribution in [3.8, 4) is 5.75 Å². The Bertz CT molecular complexity index is 715. The van der Waals surface area contributed by atoms with E-state index in [1.807, 2.05) is 6.07 Å². The fourth-order valence-corrected chi connectivity index (χ4v) is 2.58. The molecular weight excluding hydrogens is 271 g/mol. The number of benzene rings is 2. The predicted molar refractivity (Wildman–Crippen MR) is 77.4 cm³/mol. The Hall–Kier alpha value is -2.56. The van der Waals surface area contributed by atoms with Crippen molar-refractivity contribution in [1.82, 2.24) is 4.90 Å². The van der Waals surface area contributed by atoms with Gasteiger partial charge < -0.3 is 15.7 Å². The number of carbonyl (C=O) groups excluding carboxylic acids is 1. The van der Waals surface area contributed by atoms with Crippen molar-refractivity contribution >= 4 is 11.6 Å². The summed E-state index contributed by atoms with van der Waals surface area (Å²) < 4.78 is 13.2. The summed E-state index contributed by atoms with van der Waals surface area (Å²) in [6.45, 7) is 1.02. The van der Waals surface area contributed by atoms with Gasteiger partial charge in [-0.25, -0.2) is 4.39 Å². The second kappa shape index (κ2) is 5.09. The summed E-state index contributed by atoms with van der Waals surface area (Å²) in [7, 11) is 0. The molecule has 21 heavy (non-hydrogen) atoms. The van der Waals surface area contributed by atoms with Crippen LogP contribution in [0.4, 0.5) is 10.1 Å². The van der Waals surface area contributed by atoms with Crippen LogP contribution >= 0.6 is 0 Å². The van der Waals surface area contributed by atoms with Crippen LogP contribution in [0.25, 0.3) is 0 Å². The van der Waals surface area contributed by atoms with Gasteiger partial charge >= 0.3 is 0 Å². The lowest BCUT2D eigenvalue weighted by molar-refractivity contribution is 0.0734. The average Bonchev–Trinajstić information content (AvgIpc) is 2.48. The van der Waals surface area contributed by atoms with E-state index < -0.39 is 5.82 Å². The van der Waals surface area contributed by atoms with Crippen molar-refractivity contribution in [3.05, 3.63) is 58.9 Å². The summed E-state index contributed by atoms with van der Waals surface area (Å²) >= 11 is 0. The van der Waals surface area contributed by atoms with Crippen molar-refractivity contribution in [3.63, 3.8) is 0 Å². The van der Waals surface area contributed by atoms with Crippen molar-refractivity contribution < 1.29 is 14.3 Å². The van der Waals surface area contributed by atoms with Gasteiger partial charge in [0, 0.05) is 18.7 Å². The molecule has 0 aliphatic carbocycles. The van der Waals surface area contributed by atoms with Gasteiger partial charge in [-0.1, -0.05) is 6.07 Å². The summed E-state index contributed by atoms with van der Waals surface area (Å²) in [6.07, 6.45) is 0.734. The van der Waals surface area contributed by atoms with E-state index in [1.165, 1.54) is 18.2 Å². The fourth-order valence-electron chi connectivity index (χ4n) is 2.58. The molecular formula is C16H15FN2O2. The molecule has 0 bridgehead atoms. The Morgan fingerprint density at radius 2 is 2.00 bits per heavy atom. The molecule has 1 aliphatic rings. The number of nitrogens with zero attached hydrogens (tertiary/aromatic N) is 1. The summed E-state index contributed by atoms with van der Waals surface area (Å²) in [5.74, 6) is -0.523. The van der Waals surface area contributed by atoms with E-state index in [0.29, 0.717) is 18.7 Å². The second-order valence-corrected chi connectivity index (χ2v) is 5.17. The van der Waals surface area contributed by atoms with Crippen LogP contribution in [0.1, 0.15) is 21.5 Å². The molecule has 3 N–H and O–H groups in total. The zero-order chi connectivity index (χ0) is 15.0. The number of nitrogens with two attached hydrogens (primary N) is 1. The highest BCUT2D eigenvalue weighted by molar-refractivity contribution is 5.95. The van der Waals surface area contributed by atoms with E-state index in [9.17, 15) is 14.3 Å². The first-order valence-electron chi connectivity index (χ1n) is 6.69. The van der Waals surface area contributed by atoms with Crippen LogP contribution in [-0.4, -0.2) is 22.5 Å².